The average molecular weight is 265 g/mol. The summed E-state index contributed by atoms with van der Waals surface area (Å²) in [4.78, 5) is 10.9. The van der Waals surface area contributed by atoms with Crippen LogP contribution in [0.25, 0.3) is 0 Å². The smallest absolute Gasteiger partial charge is 0.320 e. The fourth-order valence-corrected chi connectivity index (χ4v) is 2.12. The van der Waals surface area contributed by atoms with Crippen molar-refractivity contribution in [1.29, 1.82) is 0 Å². The minimum absolute atomic E-state index is 0.0700. The second-order valence-electron chi connectivity index (χ2n) is 5.90. The summed E-state index contributed by atoms with van der Waals surface area (Å²) in [5.41, 5.74) is 8.56. The highest BCUT2D eigenvalue weighted by Crippen LogP contribution is 2.35. The van der Waals surface area contributed by atoms with E-state index in [9.17, 15) is 4.79 Å². The summed E-state index contributed by atoms with van der Waals surface area (Å²) in [6.45, 7) is 8.30. The third kappa shape index (κ3) is 3.70. The molecular weight excluding hydrogens is 242 g/mol. The Bertz CT molecular complexity index is 475. The molecule has 0 amide bonds. The molecule has 1 unspecified atom stereocenters. The molecule has 0 fully saturated rings. The summed E-state index contributed by atoms with van der Waals surface area (Å²) in [6, 6.07) is 3.11. The summed E-state index contributed by atoms with van der Waals surface area (Å²) < 4.78 is 5.49. The van der Waals surface area contributed by atoms with E-state index >= 15 is 0 Å². The van der Waals surface area contributed by atoms with Gasteiger partial charge in [-0.15, -0.1) is 0 Å². The molecule has 0 saturated carbocycles. The van der Waals surface area contributed by atoms with E-state index in [0.717, 1.165) is 22.4 Å². The van der Waals surface area contributed by atoms with Crippen molar-refractivity contribution in [2.24, 2.45) is 5.73 Å². The highest BCUT2D eigenvalue weighted by Gasteiger charge is 2.23. The molecule has 0 saturated heterocycles. The Kier molecular flexibility index (Phi) is 4.58. The van der Waals surface area contributed by atoms with E-state index in [0.29, 0.717) is 0 Å². The largest absolute Gasteiger partial charge is 0.496 e. The Morgan fingerprint density at radius 1 is 1.42 bits per heavy atom. The lowest BCUT2D eigenvalue weighted by atomic mass is 9.83. The van der Waals surface area contributed by atoms with Crippen LogP contribution < -0.4 is 10.5 Å². The molecule has 0 aliphatic rings. The monoisotopic (exact) mass is 265 g/mol. The van der Waals surface area contributed by atoms with Gasteiger partial charge in [-0.2, -0.15) is 0 Å². The van der Waals surface area contributed by atoms with Gasteiger partial charge in [0.05, 0.1) is 7.11 Å². The lowest BCUT2D eigenvalue weighted by Gasteiger charge is -2.25. The van der Waals surface area contributed by atoms with Gasteiger partial charge in [0, 0.05) is 12.0 Å². The number of carbonyl (C=O) groups is 1. The summed E-state index contributed by atoms with van der Waals surface area (Å²) in [7, 11) is 1.61. The van der Waals surface area contributed by atoms with Crippen LogP contribution in [0.15, 0.2) is 12.1 Å². The molecule has 19 heavy (non-hydrogen) atoms. The summed E-state index contributed by atoms with van der Waals surface area (Å²) >= 11 is 0. The third-order valence-corrected chi connectivity index (χ3v) is 3.08. The van der Waals surface area contributed by atoms with Crippen molar-refractivity contribution in [2.75, 3.05) is 7.11 Å². The predicted octanol–water partition coefficient (Wildman–Crippen LogP) is 2.26. The van der Waals surface area contributed by atoms with Crippen molar-refractivity contribution in [3.8, 4) is 5.75 Å². The number of benzene rings is 1. The molecule has 106 valence electrons. The first-order chi connectivity index (χ1) is 8.66. The van der Waals surface area contributed by atoms with Gasteiger partial charge in [0.2, 0.25) is 0 Å². The molecule has 3 N–H and O–H groups in total. The van der Waals surface area contributed by atoms with Crippen LogP contribution in [0, 0.1) is 6.92 Å². The van der Waals surface area contributed by atoms with E-state index in [-0.39, 0.29) is 11.8 Å². The first-order valence-electron chi connectivity index (χ1n) is 6.33. The van der Waals surface area contributed by atoms with E-state index in [1.807, 2.05) is 13.0 Å². The maximum absolute atomic E-state index is 10.9. The Morgan fingerprint density at radius 2 is 2.00 bits per heavy atom. The summed E-state index contributed by atoms with van der Waals surface area (Å²) in [5, 5.41) is 8.94. The normalized spacial score (nSPS) is 13.2. The molecule has 4 nitrogen and oxygen atoms in total. The van der Waals surface area contributed by atoms with E-state index in [4.69, 9.17) is 15.6 Å². The lowest BCUT2D eigenvalue weighted by Crippen LogP contribution is -2.32. The Morgan fingerprint density at radius 3 is 2.42 bits per heavy atom. The molecule has 1 rings (SSSR count). The molecule has 0 aliphatic carbocycles. The number of aryl methyl sites for hydroxylation is 1. The van der Waals surface area contributed by atoms with Gasteiger partial charge in [0.25, 0.3) is 0 Å². The zero-order valence-corrected chi connectivity index (χ0v) is 12.3. The maximum atomic E-state index is 10.9. The van der Waals surface area contributed by atoms with Crippen LogP contribution in [0.2, 0.25) is 0 Å². The molecule has 4 heteroatoms. The van der Waals surface area contributed by atoms with Gasteiger partial charge in [0.1, 0.15) is 11.8 Å². The number of hydrogen-bond acceptors (Lipinski definition) is 3. The molecule has 1 atom stereocenters. The first-order valence-corrected chi connectivity index (χ1v) is 6.33. The van der Waals surface area contributed by atoms with Gasteiger partial charge in [-0.25, -0.2) is 0 Å². The molecule has 0 aromatic heterocycles. The highest BCUT2D eigenvalue weighted by atomic mass is 16.5. The zero-order valence-electron chi connectivity index (χ0n) is 12.3. The number of rotatable bonds is 4. The number of carboxylic acid groups (broad SMARTS) is 1. The van der Waals surface area contributed by atoms with E-state index < -0.39 is 12.0 Å². The lowest BCUT2D eigenvalue weighted by molar-refractivity contribution is -0.138. The fourth-order valence-electron chi connectivity index (χ4n) is 2.12. The van der Waals surface area contributed by atoms with Gasteiger partial charge in [-0.3, -0.25) is 4.79 Å². The SMILES string of the molecule is COc1c(CC(N)C(=O)O)cc(C)cc1C(C)(C)C. The van der Waals surface area contributed by atoms with Gasteiger partial charge >= 0.3 is 5.97 Å². The maximum Gasteiger partial charge on any atom is 0.320 e. The van der Waals surface area contributed by atoms with Crippen LogP contribution in [-0.4, -0.2) is 24.2 Å². The second kappa shape index (κ2) is 5.61. The Hall–Kier alpha value is -1.55. The molecular formula is C15H23NO3. The zero-order chi connectivity index (χ0) is 14.8. The summed E-state index contributed by atoms with van der Waals surface area (Å²) in [6.07, 6.45) is 0.267. The van der Waals surface area contributed by atoms with Crippen LogP contribution in [0.1, 0.15) is 37.5 Å². The molecule has 0 bridgehead atoms. The van der Waals surface area contributed by atoms with Crippen LogP contribution in [0.5, 0.6) is 5.75 Å². The number of hydrogen-bond donors (Lipinski definition) is 2. The number of nitrogens with two attached hydrogens (primary N) is 1. The van der Waals surface area contributed by atoms with Crippen LogP contribution in [0.3, 0.4) is 0 Å². The minimum atomic E-state index is -0.999. The highest BCUT2D eigenvalue weighted by molar-refractivity contribution is 5.73. The quantitative estimate of drug-likeness (QED) is 0.875. The van der Waals surface area contributed by atoms with Crippen molar-refractivity contribution < 1.29 is 14.6 Å². The molecule has 0 radical (unpaired) electrons. The topological polar surface area (TPSA) is 72.5 Å². The Labute approximate surface area is 114 Å². The molecule has 0 spiro atoms. The van der Waals surface area contributed by atoms with Crippen molar-refractivity contribution in [3.63, 3.8) is 0 Å². The number of ether oxygens (including phenoxy) is 1. The van der Waals surface area contributed by atoms with E-state index in [2.05, 4.69) is 26.8 Å². The number of carboxylic acids is 1. The second-order valence-corrected chi connectivity index (χ2v) is 5.90. The summed E-state index contributed by atoms with van der Waals surface area (Å²) in [5.74, 6) is -0.254. The van der Waals surface area contributed by atoms with Gasteiger partial charge in [-0.05, 0) is 17.9 Å². The van der Waals surface area contributed by atoms with Crippen LogP contribution in [0.4, 0.5) is 0 Å². The van der Waals surface area contributed by atoms with Crippen molar-refractivity contribution >= 4 is 5.97 Å². The van der Waals surface area contributed by atoms with Gasteiger partial charge in [-0.1, -0.05) is 38.5 Å². The fraction of sp³-hybridized carbons (Fsp3) is 0.533. The van der Waals surface area contributed by atoms with Crippen LogP contribution in [-0.2, 0) is 16.6 Å². The Balaban J connectivity index is 3.31. The van der Waals surface area contributed by atoms with Crippen molar-refractivity contribution in [2.45, 2.75) is 45.6 Å². The van der Waals surface area contributed by atoms with Gasteiger partial charge in [0.15, 0.2) is 0 Å². The number of methoxy groups -OCH3 is 1. The standard InChI is InChI=1S/C15H23NO3/c1-9-6-10(8-12(16)14(17)18)13(19-5)11(7-9)15(2,3)4/h6-7,12H,8,16H2,1-5H3,(H,17,18). The van der Waals surface area contributed by atoms with Crippen LogP contribution >= 0.6 is 0 Å². The van der Waals surface area contributed by atoms with E-state index in [1.54, 1.807) is 7.11 Å². The van der Waals surface area contributed by atoms with Gasteiger partial charge < -0.3 is 15.6 Å². The minimum Gasteiger partial charge on any atom is -0.496 e. The molecule has 1 aromatic carbocycles. The molecule has 1 aromatic rings. The molecule has 0 aliphatic heterocycles. The van der Waals surface area contributed by atoms with Crippen molar-refractivity contribution in [1.82, 2.24) is 0 Å². The van der Waals surface area contributed by atoms with E-state index in [1.165, 1.54) is 0 Å². The predicted molar refractivity (Wildman–Crippen MR) is 75.7 cm³/mol. The third-order valence-electron chi connectivity index (χ3n) is 3.08. The first kappa shape index (κ1) is 15.5. The average Bonchev–Trinajstić information content (AvgIpc) is 2.26. The molecule has 0 heterocycles. The number of aliphatic carboxylic acids is 1. The van der Waals surface area contributed by atoms with Crippen molar-refractivity contribution in [3.05, 3.63) is 28.8 Å².